The minimum Gasteiger partial charge on any atom is -0.326 e. The van der Waals surface area contributed by atoms with Crippen LogP contribution in [0.4, 0.5) is 11.4 Å². The molecule has 3 amide bonds. The molecule has 0 aromatic heterocycles. The van der Waals surface area contributed by atoms with Gasteiger partial charge in [-0.3, -0.25) is 19.3 Å². The second-order valence-electron chi connectivity index (χ2n) is 7.07. The molecule has 3 aromatic carbocycles. The Morgan fingerprint density at radius 2 is 1.73 bits per heavy atom. The number of hydrazone groups is 1. The van der Waals surface area contributed by atoms with Gasteiger partial charge in [-0.05, 0) is 42.1 Å². The van der Waals surface area contributed by atoms with E-state index in [-0.39, 0.29) is 18.4 Å². The first-order valence-electron chi connectivity index (χ1n) is 9.49. The summed E-state index contributed by atoms with van der Waals surface area (Å²) in [4.78, 5) is 38.0. The van der Waals surface area contributed by atoms with Crippen LogP contribution >= 0.6 is 0 Å². The highest BCUT2D eigenvalue weighted by Gasteiger charge is 2.30. The number of benzene rings is 3. The third kappa shape index (κ3) is 3.65. The average molecular weight is 400 g/mol. The quantitative estimate of drug-likeness (QED) is 0.509. The van der Waals surface area contributed by atoms with Crippen LogP contribution in [0.15, 0.2) is 65.8 Å². The number of nitrogens with zero attached hydrogens (tertiary/aromatic N) is 2. The van der Waals surface area contributed by atoms with E-state index in [1.807, 2.05) is 36.4 Å². The van der Waals surface area contributed by atoms with E-state index in [2.05, 4.69) is 15.8 Å². The number of nitrogens with one attached hydrogen (secondary N) is 2. The summed E-state index contributed by atoms with van der Waals surface area (Å²) in [5.41, 5.74) is 5.83. The van der Waals surface area contributed by atoms with Gasteiger partial charge in [-0.2, -0.15) is 5.10 Å². The van der Waals surface area contributed by atoms with E-state index in [1.165, 1.54) is 11.8 Å². The van der Waals surface area contributed by atoms with Crippen molar-refractivity contribution < 1.29 is 14.4 Å². The van der Waals surface area contributed by atoms with E-state index < -0.39 is 5.91 Å². The van der Waals surface area contributed by atoms with Gasteiger partial charge in [-0.25, -0.2) is 5.43 Å². The fourth-order valence-electron chi connectivity index (χ4n) is 3.55. The van der Waals surface area contributed by atoms with Crippen LogP contribution in [-0.4, -0.2) is 30.0 Å². The minimum atomic E-state index is -0.398. The number of carbonyl (C=O) groups excluding carboxylic acids is 3. The summed E-state index contributed by atoms with van der Waals surface area (Å²) in [6.45, 7) is 3.06. The average Bonchev–Trinajstić information content (AvgIpc) is 3.00. The summed E-state index contributed by atoms with van der Waals surface area (Å²) in [6, 6.07) is 18.4. The predicted molar refractivity (Wildman–Crippen MR) is 117 cm³/mol. The van der Waals surface area contributed by atoms with Crippen molar-refractivity contribution in [2.45, 2.75) is 13.8 Å². The maximum absolute atomic E-state index is 12.8. The maximum Gasteiger partial charge on any atom is 0.260 e. The Balaban J connectivity index is 1.48. The normalized spacial score (nSPS) is 12.9. The van der Waals surface area contributed by atoms with Crippen LogP contribution in [0.2, 0.25) is 0 Å². The molecule has 0 aliphatic carbocycles. The van der Waals surface area contributed by atoms with Crippen LogP contribution in [0.1, 0.15) is 29.8 Å². The van der Waals surface area contributed by atoms with E-state index in [1.54, 1.807) is 31.2 Å². The molecule has 1 heterocycles. The maximum atomic E-state index is 12.8. The molecule has 4 rings (SSSR count). The van der Waals surface area contributed by atoms with E-state index in [4.69, 9.17) is 0 Å². The Kier molecular flexibility index (Phi) is 5.02. The molecule has 3 aromatic rings. The van der Waals surface area contributed by atoms with E-state index >= 15 is 0 Å². The fraction of sp³-hybridized carbons (Fsp3) is 0.130. The number of amides is 3. The van der Waals surface area contributed by atoms with Crippen molar-refractivity contribution >= 4 is 45.6 Å². The molecule has 0 unspecified atom stereocenters. The van der Waals surface area contributed by atoms with Gasteiger partial charge in [0.25, 0.3) is 11.8 Å². The Hall–Kier alpha value is -4.00. The van der Waals surface area contributed by atoms with Gasteiger partial charge in [0.2, 0.25) is 5.91 Å². The monoisotopic (exact) mass is 400 g/mol. The van der Waals surface area contributed by atoms with Crippen LogP contribution in [-0.2, 0) is 9.59 Å². The van der Waals surface area contributed by atoms with Crippen LogP contribution in [0.25, 0.3) is 10.8 Å². The first-order valence-corrected chi connectivity index (χ1v) is 9.49. The number of hydrogen-bond acceptors (Lipinski definition) is 4. The number of anilines is 2. The smallest absolute Gasteiger partial charge is 0.260 e. The largest absolute Gasteiger partial charge is 0.326 e. The van der Waals surface area contributed by atoms with E-state index in [9.17, 15) is 14.4 Å². The van der Waals surface area contributed by atoms with Crippen LogP contribution < -0.4 is 15.6 Å². The molecule has 0 atom stereocenters. The third-order valence-corrected chi connectivity index (χ3v) is 4.90. The number of hydrogen-bond donors (Lipinski definition) is 2. The zero-order valence-electron chi connectivity index (χ0n) is 16.6. The van der Waals surface area contributed by atoms with E-state index in [0.29, 0.717) is 17.0 Å². The molecule has 150 valence electrons. The van der Waals surface area contributed by atoms with Crippen LogP contribution in [0.3, 0.4) is 0 Å². The SMILES string of the molecule is CC(=O)Nc1cccc(/C(C)=N/NC(=O)CN2C(=O)c3cccc4cccc2c34)c1. The first-order chi connectivity index (χ1) is 14.4. The van der Waals surface area contributed by atoms with Crippen LogP contribution in [0, 0.1) is 0 Å². The Labute approximate surface area is 173 Å². The molecule has 0 bridgehead atoms. The Bertz CT molecular complexity index is 1210. The van der Waals surface area contributed by atoms with Crippen molar-refractivity contribution in [3.05, 3.63) is 71.8 Å². The van der Waals surface area contributed by atoms with Crippen molar-refractivity contribution in [3.63, 3.8) is 0 Å². The van der Waals surface area contributed by atoms with Gasteiger partial charge >= 0.3 is 0 Å². The summed E-state index contributed by atoms with van der Waals surface area (Å²) in [7, 11) is 0. The molecule has 7 heteroatoms. The molecule has 0 saturated carbocycles. The summed E-state index contributed by atoms with van der Waals surface area (Å²) in [5.74, 6) is -0.757. The molecule has 1 aliphatic heterocycles. The van der Waals surface area contributed by atoms with Gasteiger partial charge in [0.05, 0.1) is 11.4 Å². The lowest BCUT2D eigenvalue weighted by atomic mass is 10.1. The number of carbonyl (C=O) groups is 3. The van der Waals surface area contributed by atoms with Crippen molar-refractivity contribution in [2.75, 3.05) is 16.8 Å². The summed E-state index contributed by atoms with van der Waals surface area (Å²) < 4.78 is 0. The zero-order valence-corrected chi connectivity index (χ0v) is 16.6. The second kappa shape index (κ2) is 7.79. The molecule has 0 spiro atoms. The van der Waals surface area contributed by atoms with Gasteiger partial charge in [0.1, 0.15) is 6.54 Å². The van der Waals surface area contributed by atoms with E-state index in [0.717, 1.165) is 22.0 Å². The topological polar surface area (TPSA) is 90.9 Å². The minimum absolute atomic E-state index is 0.130. The summed E-state index contributed by atoms with van der Waals surface area (Å²) >= 11 is 0. The van der Waals surface area contributed by atoms with Crippen molar-refractivity contribution in [3.8, 4) is 0 Å². The van der Waals surface area contributed by atoms with Gasteiger partial charge < -0.3 is 5.32 Å². The molecule has 0 fully saturated rings. The highest BCUT2D eigenvalue weighted by atomic mass is 16.2. The molecule has 2 N–H and O–H groups in total. The summed E-state index contributed by atoms with van der Waals surface area (Å²) in [5, 5.41) is 8.69. The van der Waals surface area contributed by atoms with Gasteiger partial charge in [0.15, 0.2) is 0 Å². The van der Waals surface area contributed by atoms with Crippen molar-refractivity contribution in [1.29, 1.82) is 0 Å². The Morgan fingerprint density at radius 3 is 2.50 bits per heavy atom. The zero-order chi connectivity index (χ0) is 21.3. The molecule has 1 aliphatic rings. The van der Waals surface area contributed by atoms with Crippen molar-refractivity contribution in [1.82, 2.24) is 5.43 Å². The van der Waals surface area contributed by atoms with Gasteiger partial charge in [-0.1, -0.05) is 36.4 Å². The lowest BCUT2D eigenvalue weighted by molar-refractivity contribution is -0.119. The Morgan fingerprint density at radius 1 is 1.00 bits per heavy atom. The number of rotatable bonds is 5. The standard InChI is InChI=1S/C23H20N4O3/c1-14(17-8-3-9-18(12-17)24-15(2)28)25-26-21(29)13-27-20-11-5-7-16-6-4-10-19(22(16)20)23(27)30/h3-12H,13H2,1-2H3,(H,24,28)(H,26,29)/b25-14+. The highest BCUT2D eigenvalue weighted by Crippen LogP contribution is 2.36. The molecule has 0 saturated heterocycles. The van der Waals surface area contributed by atoms with Crippen LogP contribution in [0.5, 0.6) is 0 Å². The van der Waals surface area contributed by atoms with Crippen molar-refractivity contribution in [2.24, 2.45) is 5.10 Å². The highest BCUT2D eigenvalue weighted by molar-refractivity contribution is 6.26. The first kappa shape index (κ1) is 19.3. The fourth-order valence-corrected chi connectivity index (χ4v) is 3.55. The summed E-state index contributed by atoms with van der Waals surface area (Å²) in [6.07, 6.45) is 0. The lowest BCUT2D eigenvalue weighted by Crippen LogP contribution is -2.37. The predicted octanol–water partition coefficient (Wildman–Crippen LogP) is 3.30. The molecule has 30 heavy (non-hydrogen) atoms. The molecule has 0 radical (unpaired) electrons. The third-order valence-electron chi connectivity index (χ3n) is 4.90. The lowest BCUT2D eigenvalue weighted by Gasteiger charge is -2.16. The molecule has 7 nitrogen and oxygen atoms in total. The van der Waals surface area contributed by atoms with Gasteiger partial charge in [0, 0.05) is 23.6 Å². The second-order valence-corrected chi connectivity index (χ2v) is 7.07. The molecular formula is C23H20N4O3. The molecular weight excluding hydrogens is 380 g/mol. The van der Waals surface area contributed by atoms with Gasteiger partial charge in [-0.15, -0.1) is 0 Å².